The van der Waals surface area contributed by atoms with Crippen LogP contribution in [0.1, 0.15) is 11.1 Å². The first kappa shape index (κ1) is 14.6. The molecule has 0 amide bonds. The van der Waals surface area contributed by atoms with Crippen LogP contribution in [0.5, 0.6) is 0 Å². The smallest absolute Gasteiger partial charge is 0.417 e. The molecule has 0 saturated carbocycles. The van der Waals surface area contributed by atoms with Gasteiger partial charge in [-0.1, -0.05) is 48.0 Å². The molecule has 1 atom stereocenters. The van der Waals surface area contributed by atoms with E-state index < -0.39 is 7.67 Å². The predicted octanol–water partition coefficient (Wildman–Crippen LogP) is 4.30. The van der Waals surface area contributed by atoms with Crippen LogP contribution >= 0.6 is 7.67 Å². The van der Waals surface area contributed by atoms with E-state index in [1.165, 1.54) is 5.56 Å². The van der Waals surface area contributed by atoms with E-state index >= 15 is 0 Å². The van der Waals surface area contributed by atoms with Gasteiger partial charge in [-0.15, -0.1) is 0 Å². The summed E-state index contributed by atoms with van der Waals surface area (Å²) in [6.07, 6.45) is 2.01. The maximum atomic E-state index is 13.6. The van der Waals surface area contributed by atoms with Gasteiger partial charge in [-0.05, 0) is 25.1 Å². The fourth-order valence-corrected chi connectivity index (χ4v) is 5.00. The first-order valence-electron chi connectivity index (χ1n) is 7.82. The molecule has 0 aromatic heterocycles. The Morgan fingerprint density at radius 1 is 1.00 bits per heavy atom. The molecule has 4 rings (SSSR count). The van der Waals surface area contributed by atoms with Crippen LogP contribution in [-0.2, 0) is 9.09 Å². The van der Waals surface area contributed by atoms with E-state index in [1.807, 2.05) is 76.9 Å². The minimum atomic E-state index is -3.04. The van der Waals surface area contributed by atoms with Crippen LogP contribution in [0.25, 0.3) is 5.76 Å². The summed E-state index contributed by atoms with van der Waals surface area (Å²) in [7, 11) is -3.04. The largest absolute Gasteiger partial charge is 0.422 e. The summed E-state index contributed by atoms with van der Waals surface area (Å²) in [5.41, 5.74) is 3.10. The van der Waals surface area contributed by atoms with E-state index in [4.69, 9.17) is 4.52 Å². The average Bonchev–Trinajstić information content (AvgIpc) is 3.42. The highest BCUT2D eigenvalue weighted by Gasteiger charge is 2.48. The summed E-state index contributed by atoms with van der Waals surface area (Å²) < 4.78 is 23.4. The van der Waals surface area contributed by atoms with Gasteiger partial charge in [0.25, 0.3) is 0 Å². The quantitative estimate of drug-likeness (QED) is 0.622. The summed E-state index contributed by atoms with van der Waals surface area (Å²) in [6, 6.07) is 18.0. The van der Waals surface area contributed by atoms with Crippen LogP contribution < -0.4 is 4.67 Å². The van der Waals surface area contributed by atoms with Gasteiger partial charge in [-0.25, -0.2) is 9.24 Å². The van der Waals surface area contributed by atoms with Crippen molar-refractivity contribution in [3.8, 4) is 0 Å². The Kier molecular flexibility index (Phi) is 3.51. The standard InChI is InChI=1S/C18H19N2O2P/c1-15-7-9-17(10-8-15)20-12-11-18(16-5-3-2-4-6-16)22-23(20,21)19-13-14-19/h2-11H,12-14H2,1H3/t23-/m1/s1. The van der Waals surface area contributed by atoms with Crippen molar-refractivity contribution in [1.29, 1.82) is 0 Å². The van der Waals surface area contributed by atoms with Crippen LogP contribution in [0.2, 0.25) is 0 Å². The van der Waals surface area contributed by atoms with E-state index in [1.54, 1.807) is 0 Å². The molecule has 0 radical (unpaired) electrons. The van der Waals surface area contributed by atoms with Gasteiger partial charge in [0.1, 0.15) is 5.76 Å². The van der Waals surface area contributed by atoms with Crippen molar-refractivity contribution in [1.82, 2.24) is 4.67 Å². The molecular formula is C18H19N2O2P. The maximum Gasteiger partial charge on any atom is 0.422 e. The van der Waals surface area contributed by atoms with Gasteiger partial charge >= 0.3 is 7.67 Å². The number of benzene rings is 2. The highest BCUT2D eigenvalue weighted by atomic mass is 31.2. The zero-order chi connectivity index (χ0) is 15.9. The monoisotopic (exact) mass is 326 g/mol. The zero-order valence-corrected chi connectivity index (χ0v) is 13.9. The van der Waals surface area contributed by atoms with Crippen LogP contribution in [0.4, 0.5) is 5.69 Å². The van der Waals surface area contributed by atoms with E-state index in [9.17, 15) is 4.57 Å². The molecule has 118 valence electrons. The lowest BCUT2D eigenvalue weighted by Crippen LogP contribution is -2.28. The van der Waals surface area contributed by atoms with Crippen LogP contribution in [0.3, 0.4) is 0 Å². The van der Waals surface area contributed by atoms with Gasteiger partial charge in [0.15, 0.2) is 0 Å². The Labute approximate surface area is 136 Å². The minimum Gasteiger partial charge on any atom is -0.417 e. The van der Waals surface area contributed by atoms with E-state index in [0.29, 0.717) is 12.3 Å². The fraction of sp³-hybridized carbons (Fsp3) is 0.222. The number of hydrogen-bond donors (Lipinski definition) is 0. The lowest BCUT2D eigenvalue weighted by atomic mass is 10.2. The molecule has 23 heavy (non-hydrogen) atoms. The maximum absolute atomic E-state index is 13.6. The van der Waals surface area contributed by atoms with Crippen LogP contribution in [0.15, 0.2) is 60.7 Å². The number of hydrogen-bond acceptors (Lipinski definition) is 2. The highest BCUT2D eigenvalue weighted by Crippen LogP contribution is 2.63. The van der Waals surface area contributed by atoms with Crippen LogP contribution in [-0.4, -0.2) is 24.3 Å². The minimum absolute atomic E-state index is 0.584. The molecule has 0 N–H and O–H groups in total. The van der Waals surface area contributed by atoms with Gasteiger partial charge in [0.05, 0.1) is 6.54 Å². The number of nitrogens with zero attached hydrogens (tertiary/aromatic N) is 2. The molecule has 2 aliphatic heterocycles. The fourth-order valence-electron chi connectivity index (χ4n) is 2.74. The van der Waals surface area contributed by atoms with Crippen molar-refractivity contribution in [2.24, 2.45) is 0 Å². The topological polar surface area (TPSA) is 32.5 Å². The Balaban J connectivity index is 1.71. The van der Waals surface area contributed by atoms with Crippen molar-refractivity contribution < 1.29 is 9.09 Å². The highest BCUT2D eigenvalue weighted by molar-refractivity contribution is 7.59. The third-order valence-corrected chi connectivity index (χ3v) is 6.70. The molecule has 0 unspecified atom stereocenters. The lowest BCUT2D eigenvalue weighted by Gasteiger charge is -2.36. The molecule has 0 spiro atoms. The molecule has 5 heteroatoms. The van der Waals surface area contributed by atoms with E-state index in [0.717, 1.165) is 24.3 Å². The second-order valence-electron chi connectivity index (χ2n) is 5.89. The summed E-state index contributed by atoms with van der Waals surface area (Å²) in [6.45, 7) is 4.28. The van der Waals surface area contributed by atoms with Gasteiger partial charge in [0.2, 0.25) is 0 Å². The van der Waals surface area contributed by atoms with Gasteiger partial charge < -0.3 is 4.52 Å². The van der Waals surface area contributed by atoms with E-state index in [-0.39, 0.29) is 0 Å². The molecule has 2 aromatic rings. The third kappa shape index (κ3) is 2.69. The molecule has 2 aliphatic rings. The molecule has 2 aromatic carbocycles. The first-order valence-corrected chi connectivity index (χ1v) is 9.35. The van der Waals surface area contributed by atoms with Crippen molar-refractivity contribution in [2.45, 2.75) is 6.92 Å². The van der Waals surface area contributed by atoms with Gasteiger partial charge in [-0.3, -0.25) is 4.67 Å². The van der Waals surface area contributed by atoms with Crippen LogP contribution in [0, 0.1) is 6.92 Å². The molecule has 1 fully saturated rings. The van der Waals surface area contributed by atoms with Crippen molar-refractivity contribution in [3.05, 3.63) is 71.8 Å². The Hall–Kier alpha value is -2.03. The van der Waals surface area contributed by atoms with E-state index in [2.05, 4.69) is 0 Å². The average molecular weight is 326 g/mol. The van der Waals surface area contributed by atoms with Gasteiger partial charge in [-0.2, -0.15) is 0 Å². The molecule has 2 heterocycles. The van der Waals surface area contributed by atoms with Gasteiger partial charge in [0, 0.05) is 24.3 Å². The summed E-state index contributed by atoms with van der Waals surface area (Å²) >= 11 is 0. The van der Waals surface area contributed by atoms with Crippen molar-refractivity contribution in [2.75, 3.05) is 24.3 Å². The molecule has 0 aliphatic carbocycles. The second kappa shape index (κ2) is 5.55. The predicted molar refractivity (Wildman–Crippen MR) is 93.2 cm³/mol. The first-order chi connectivity index (χ1) is 11.2. The number of aryl methyl sites for hydroxylation is 1. The summed E-state index contributed by atoms with van der Waals surface area (Å²) in [4.78, 5) is 0. The number of anilines is 1. The Bertz CT molecular complexity index is 782. The van der Waals surface area contributed by atoms with Crippen molar-refractivity contribution in [3.63, 3.8) is 0 Å². The molecule has 1 saturated heterocycles. The SMILES string of the molecule is Cc1ccc(N2CC=C(c3ccccc3)O[P@]2(=O)N2CC2)cc1. The summed E-state index contributed by atoms with van der Waals surface area (Å²) in [5.74, 6) is 0.712. The summed E-state index contributed by atoms with van der Waals surface area (Å²) in [5, 5.41) is 0. The second-order valence-corrected chi connectivity index (χ2v) is 8.10. The third-order valence-electron chi connectivity index (χ3n) is 4.14. The zero-order valence-electron chi connectivity index (χ0n) is 13.1. The molecular weight excluding hydrogens is 307 g/mol. The Morgan fingerprint density at radius 2 is 1.70 bits per heavy atom. The van der Waals surface area contributed by atoms with Crippen molar-refractivity contribution >= 4 is 19.1 Å². The Morgan fingerprint density at radius 3 is 2.35 bits per heavy atom. The number of rotatable bonds is 3. The normalized spacial score (nSPS) is 24.0. The lowest BCUT2D eigenvalue weighted by molar-refractivity contribution is 0.416. The molecule has 0 bridgehead atoms. The molecule has 4 nitrogen and oxygen atoms in total.